The van der Waals surface area contributed by atoms with E-state index in [0.29, 0.717) is 0 Å². The first kappa shape index (κ1) is 19.1. The second kappa shape index (κ2) is 7.15. The molecular formula is C20H20N4O4. The van der Waals surface area contributed by atoms with E-state index in [9.17, 15) is 19.2 Å². The largest absolute Gasteiger partial charge is 0.324 e. The van der Waals surface area contributed by atoms with Crippen LogP contribution in [0.2, 0.25) is 0 Å². The highest BCUT2D eigenvalue weighted by Gasteiger charge is 2.48. The Labute approximate surface area is 161 Å². The normalized spacial score (nSPS) is 18.9. The van der Waals surface area contributed by atoms with E-state index in [4.69, 9.17) is 0 Å². The summed E-state index contributed by atoms with van der Waals surface area (Å²) >= 11 is 0. The monoisotopic (exact) mass is 380 g/mol. The first-order chi connectivity index (χ1) is 13.3. The van der Waals surface area contributed by atoms with Gasteiger partial charge in [-0.3, -0.25) is 20.2 Å². The molecule has 0 bridgehead atoms. The molecule has 2 aliphatic heterocycles. The lowest BCUT2D eigenvalue weighted by Crippen LogP contribution is -2.44. The average Bonchev–Trinajstić information content (AvgIpc) is 3.10. The van der Waals surface area contributed by atoms with Crippen molar-refractivity contribution in [1.82, 2.24) is 21.3 Å². The van der Waals surface area contributed by atoms with E-state index < -0.39 is 23.1 Å². The molecule has 2 saturated heterocycles. The summed E-state index contributed by atoms with van der Waals surface area (Å²) in [6.45, 7) is 3.29. The summed E-state index contributed by atoms with van der Waals surface area (Å²) in [5.74, 6) is -0.623. The van der Waals surface area contributed by atoms with Gasteiger partial charge >= 0.3 is 12.1 Å². The van der Waals surface area contributed by atoms with Gasteiger partial charge in [-0.25, -0.2) is 9.59 Å². The van der Waals surface area contributed by atoms with Gasteiger partial charge in [0, 0.05) is 0 Å². The molecule has 28 heavy (non-hydrogen) atoms. The van der Waals surface area contributed by atoms with Gasteiger partial charge in [-0.2, -0.15) is 0 Å². The molecule has 8 nitrogen and oxygen atoms in total. The van der Waals surface area contributed by atoms with Crippen LogP contribution in [0.3, 0.4) is 0 Å². The number of hydrogen-bond donors (Lipinski definition) is 4. The summed E-state index contributed by atoms with van der Waals surface area (Å²) in [7, 11) is 0. The Hall–Kier alpha value is -3.68. The fourth-order valence-electron chi connectivity index (χ4n) is 3.04. The van der Waals surface area contributed by atoms with E-state index in [-0.39, 0.29) is 11.8 Å². The van der Waals surface area contributed by atoms with Gasteiger partial charge in [0.25, 0.3) is 11.8 Å². The van der Waals surface area contributed by atoms with Crippen molar-refractivity contribution in [2.75, 3.05) is 0 Å². The van der Waals surface area contributed by atoms with Crippen molar-refractivity contribution >= 4 is 23.9 Å². The first-order valence-corrected chi connectivity index (χ1v) is 8.64. The van der Waals surface area contributed by atoms with Gasteiger partial charge in [-0.15, -0.1) is 0 Å². The van der Waals surface area contributed by atoms with E-state index in [0.717, 1.165) is 11.1 Å². The van der Waals surface area contributed by atoms with Crippen molar-refractivity contribution < 1.29 is 19.2 Å². The molecular weight excluding hydrogens is 360 g/mol. The van der Waals surface area contributed by atoms with Gasteiger partial charge < -0.3 is 10.6 Å². The van der Waals surface area contributed by atoms with Crippen LogP contribution < -0.4 is 21.3 Å². The van der Waals surface area contributed by atoms with Crippen LogP contribution in [0.15, 0.2) is 60.7 Å². The van der Waals surface area contributed by atoms with E-state index >= 15 is 0 Å². The van der Waals surface area contributed by atoms with Crippen molar-refractivity contribution in [2.45, 2.75) is 24.9 Å². The Balaban J connectivity index is 0.000000211. The van der Waals surface area contributed by atoms with Gasteiger partial charge in [0.15, 0.2) is 5.54 Å². The molecule has 0 aromatic heterocycles. The first-order valence-electron chi connectivity index (χ1n) is 8.64. The third kappa shape index (κ3) is 3.44. The zero-order valence-corrected chi connectivity index (χ0v) is 15.4. The van der Waals surface area contributed by atoms with Crippen molar-refractivity contribution in [3.63, 3.8) is 0 Å². The van der Waals surface area contributed by atoms with E-state index in [1.165, 1.54) is 0 Å². The van der Waals surface area contributed by atoms with Crippen LogP contribution in [0, 0.1) is 0 Å². The summed E-state index contributed by atoms with van der Waals surface area (Å²) in [5, 5.41) is 9.63. The Morgan fingerprint density at radius 3 is 1.32 bits per heavy atom. The Bertz CT molecular complexity index is 886. The molecule has 0 atom stereocenters. The number of rotatable bonds is 2. The van der Waals surface area contributed by atoms with Crippen LogP contribution in [-0.4, -0.2) is 29.4 Å². The number of benzene rings is 2. The van der Waals surface area contributed by atoms with Crippen molar-refractivity contribution in [2.24, 2.45) is 0 Å². The highest BCUT2D eigenvalue weighted by atomic mass is 16.2. The SMILES string of the molecule is CC1(C)NC(=O)NC1=O.O=C1NC(=O)C(c2ccccc2)(c2ccccc2)N1. The molecule has 4 rings (SSSR count). The van der Waals surface area contributed by atoms with Gasteiger partial charge in [-0.1, -0.05) is 60.7 Å². The summed E-state index contributed by atoms with van der Waals surface area (Å²) in [6.07, 6.45) is 0. The molecule has 144 valence electrons. The van der Waals surface area contributed by atoms with E-state index in [1.807, 2.05) is 60.7 Å². The molecule has 6 amide bonds. The molecule has 4 N–H and O–H groups in total. The van der Waals surface area contributed by atoms with Gasteiger partial charge in [0.05, 0.1) is 0 Å². The van der Waals surface area contributed by atoms with Crippen molar-refractivity contribution in [3.8, 4) is 0 Å². The number of urea groups is 2. The van der Waals surface area contributed by atoms with Crippen molar-refractivity contribution in [1.29, 1.82) is 0 Å². The molecule has 8 heteroatoms. The molecule has 0 aliphatic carbocycles. The van der Waals surface area contributed by atoms with Gasteiger partial charge in [-0.05, 0) is 25.0 Å². The second-order valence-corrected chi connectivity index (χ2v) is 6.92. The number of imide groups is 2. The molecule has 0 spiro atoms. The molecule has 2 aliphatic rings. The van der Waals surface area contributed by atoms with Crippen LogP contribution in [0.4, 0.5) is 9.59 Å². The summed E-state index contributed by atoms with van der Waals surface area (Å²) in [4.78, 5) is 45.0. The van der Waals surface area contributed by atoms with Crippen LogP contribution >= 0.6 is 0 Å². The lowest BCUT2D eigenvalue weighted by molar-refractivity contribution is -0.123. The van der Waals surface area contributed by atoms with Crippen molar-refractivity contribution in [3.05, 3.63) is 71.8 Å². The average molecular weight is 380 g/mol. The number of hydrogen-bond acceptors (Lipinski definition) is 4. The lowest BCUT2D eigenvalue weighted by atomic mass is 9.83. The van der Waals surface area contributed by atoms with E-state index in [2.05, 4.69) is 21.3 Å². The molecule has 0 saturated carbocycles. The predicted octanol–water partition coefficient (Wildman–Crippen LogP) is 1.37. The van der Waals surface area contributed by atoms with Crippen LogP contribution in [0.5, 0.6) is 0 Å². The number of carbonyl (C=O) groups is 4. The third-order valence-corrected chi connectivity index (χ3v) is 4.50. The summed E-state index contributed by atoms with van der Waals surface area (Å²) in [6, 6.07) is 17.6. The number of carbonyl (C=O) groups excluding carboxylic acids is 4. The molecule has 2 fully saturated rings. The highest BCUT2D eigenvalue weighted by molar-refractivity contribution is 6.09. The maximum absolute atomic E-state index is 12.3. The maximum Gasteiger partial charge on any atom is 0.322 e. The number of nitrogens with one attached hydrogen (secondary N) is 4. The zero-order valence-electron chi connectivity index (χ0n) is 15.4. The maximum atomic E-state index is 12.3. The Kier molecular flexibility index (Phi) is 4.87. The van der Waals surface area contributed by atoms with E-state index in [1.54, 1.807) is 13.8 Å². The zero-order chi connectivity index (χ0) is 20.4. The molecule has 2 aromatic carbocycles. The van der Waals surface area contributed by atoms with Crippen LogP contribution in [0.25, 0.3) is 0 Å². The quantitative estimate of drug-likeness (QED) is 0.589. The highest BCUT2D eigenvalue weighted by Crippen LogP contribution is 2.32. The van der Waals surface area contributed by atoms with Crippen LogP contribution in [-0.2, 0) is 15.1 Å². The lowest BCUT2D eigenvalue weighted by Gasteiger charge is -2.27. The fraction of sp³-hybridized carbons (Fsp3) is 0.200. The minimum Gasteiger partial charge on any atom is -0.324 e. The minimum atomic E-state index is -1.14. The third-order valence-electron chi connectivity index (χ3n) is 4.50. The second-order valence-electron chi connectivity index (χ2n) is 6.92. The standard InChI is InChI=1S/C15H12N2O2.C5H8N2O2/c18-13-15(17-14(19)16-13,11-7-3-1-4-8-11)12-9-5-2-6-10-12;1-5(2)3(8)6-4(9)7-5/h1-10H,(H2,16,17,18,19);1-2H3,(H2,6,7,8,9). The number of amides is 6. The van der Waals surface area contributed by atoms with Crippen LogP contribution in [0.1, 0.15) is 25.0 Å². The molecule has 0 radical (unpaired) electrons. The Morgan fingerprint density at radius 1 is 0.607 bits per heavy atom. The minimum absolute atomic E-state index is 0.271. The summed E-state index contributed by atoms with van der Waals surface area (Å²) in [5.41, 5.74) is -0.384. The smallest absolute Gasteiger partial charge is 0.322 e. The summed E-state index contributed by atoms with van der Waals surface area (Å²) < 4.78 is 0. The topological polar surface area (TPSA) is 116 Å². The molecule has 2 aromatic rings. The predicted molar refractivity (Wildman–Crippen MR) is 101 cm³/mol. The Morgan fingerprint density at radius 2 is 1.04 bits per heavy atom. The van der Waals surface area contributed by atoms with Gasteiger partial charge in [0.2, 0.25) is 0 Å². The molecule has 0 unspecified atom stereocenters. The fourth-order valence-corrected chi connectivity index (χ4v) is 3.04. The van der Waals surface area contributed by atoms with Gasteiger partial charge in [0.1, 0.15) is 5.54 Å². The molecule has 2 heterocycles.